The minimum absolute atomic E-state index is 0.0519. The predicted octanol–water partition coefficient (Wildman–Crippen LogP) is 1.52. The van der Waals surface area contributed by atoms with Crippen LogP contribution in [0.4, 0.5) is 0 Å². The van der Waals surface area contributed by atoms with Crippen LogP contribution in [0.2, 0.25) is 5.02 Å². The maximum absolute atomic E-state index is 12.0. The highest BCUT2D eigenvalue weighted by molar-refractivity contribution is 6.32. The zero-order valence-corrected chi connectivity index (χ0v) is 12.9. The lowest BCUT2D eigenvalue weighted by molar-refractivity contribution is -0.125. The second-order valence-corrected chi connectivity index (χ2v) is 5.54. The van der Waals surface area contributed by atoms with Crippen molar-refractivity contribution in [3.05, 3.63) is 16.4 Å². The summed E-state index contributed by atoms with van der Waals surface area (Å²) in [5, 5.41) is 8.20. The van der Waals surface area contributed by atoms with Gasteiger partial charge < -0.3 is 10.1 Å². The van der Waals surface area contributed by atoms with Crippen LogP contribution in [0.25, 0.3) is 0 Å². The molecule has 6 heteroatoms. The molecule has 5 nitrogen and oxygen atoms in total. The number of carbonyl (C=O) groups excluding carboxylic acids is 1. The second-order valence-electron chi connectivity index (χ2n) is 5.16. The number of aromatic nitrogens is 2. The Morgan fingerprint density at radius 3 is 2.80 bits per heavy atom. The fourth-order valence-corrected chi connectivity index (χ4v) is 2.78. The summed E-state index contributed by atoms with van der Waals surface area (Å²) in [7, 11) is 1.82. The highest BCUT2D eigenvalue weighted by Crippen LogP contribution is 2.21. The van der Waals surface area contributed by atoms with Crippen molar-refractivity contribution >= 4 is 17.4 Å². The first-order chi connectivity index (χ1) is 9.61. The van der Waals surface area contributed by atoms with Gasteiger partial charge >= 0.3 is 0 Å². The van der Waals surface area contributed by atoms with E-state index in [-0.39, 0.29) is 24.9 Å². The molecule has 1 fully saturated rings. The molecule has 1 aliphatic heterocycles. The van der Waals surface area contributed by atoms with Gasteiger partial charge in [-0.05, 0) is 32.4 Å². The molecule has 0 atom stereocenters. The van der Waals surface area contributed by atoms with Gasteiger partial charge in [0.15, 0.2) is 5.78 Å². The summed E-state index contributed by atoms with van der Waals surface area (Å²) < 4.78 is 7.37. The molecule has 1 aliphatic rings. The number of nitrogens with zero attached hydrogens (tertiary/aromatic N) is 2. The lowest BCUT2D eigenvalue weighted by Crippen LogP contribution is -2.33. The molecule has 1 aromatic rings. The average Bonchev–Trinajstić information content (AvgIpc) is 2.73. The summed E-state index contributed by atoms with van der Waals surface area (Å²) in [6.45, 7) is 4.09. The lowest BCUT2D eigenvalue weighted by atomic mass is 10.1. The summed E-state index contributed by atoms with van der Waals surface area (Å²) in [5.74, 6) is 0.0519. The molecule has 0 unspecified atom stereocenters. The van der Waals surface area contributed by atoms with E-state index in [1.165, 1.54) is 0 Å². The van der Waals surface area contributed by atoms with E-state index in [0.717, 1.165) is 43.7 Å². The predicted molar refractivity (Wildman–Crippen MR) is 78.2 cm³/mol. The van der Waals surface area contributed by atoms with E-state index in [0.29, 0.717) is 5.02 Å². The van der Waals surface area contributed by atoms with Crippen molar-refractivity contribution in [3.8, 4) is 0 Å². The number of halogens is 1. The Labute approximate surface area is 124 Å². The van der Waals surface area contributed by atoms with Crippen LogP contribution < -0.4 is 5.32 Å². The largest absolute Gasteiger partial charge is 0.370 e. The number of hydrogen-bond acceptors (Lipinski definition) is 4. The summed E-state index contributed by atoms with van der Waals surface area (Å²) in [4.78, 5) is 12.0. The first kappa shape index (κ1) is 15.5. The molecule has 0 aliphatic carbocycles. The Morgan fingerprint density at radius 2 is 2.20 bits per heavy atom. The van der Waals surface area contributed by atoms with Crippen molar-refractivity contribution in [2.24, 2.45) is 7.05 Å². The Bertz CT molecular complexity index is 467. The number of hydrogen-bond donors (Lipinski definition) is 1. The van der Waals surface area contributed by atoms with Crippen molar-refractivity contribution in [1.82, 2.24) is 15.1 Å². The molecule has 1 aromatic heterocycles. The molecular formula is C14H22ClN3O2. The Hall–Kier alpha value is -0.910. The molecule has 0 amide bonds. The van der Waals surface area contributed by atoms with Gasteiger partial charge in [-0.15, -0.1) is 0 Å². The average molecular weight is 300 g/mol. The molecular weight excluding hydrogens is 278 g/mol. The van der Waals surface area contributed by atoms with Crippen molar-refractivity contribution in [3.63, 3.8) is 0 Å². The Kier molecular flexibility index (Phi) is 5.57. The third-order valence-electron chi connectivity index (χ3n) is 3.63. The van der Waals surface area contributed by atoms with Crippen molar-refractivity contribution in [2.45, 2.75) is 38.7 Å². The van der Waals surface area contributed by atoms with Gasteiger partial charge in [-0.3, -0.25) is 9.48 Å². The van der Waals surface area contributed by atoms with Gasteiger partial charge in [-0.25, -0.2) is 0 Å². The summed E-state index contributed by atoms with van der Waals surface area (Å²) in [6, 6.07) is 0. The highest BCUT2D eigenvalue weighted by atomic mass is 35.5. The van der Waals surface area contributed by atoms with Crippen LogP contribution in [0.1, 0.15) is 31.2 Å². The molecule has 1 N–H and O–H groups in total. The zero-order chi connectivity index (χ0) is 14.5. The SMILES string of the molecule is CCc1nn(C)c(CC(=O)COC2CCNCC2)c1Cl. The van der Waals surface area contributed by atoms with E-state index < -0.39 is 0 Å². The van der Waals surface area contributed by atoms with Crippen LogP contribution in [0, 0.1) is 0 Å². The third kappa shape index (κ3) is 3.81. The maximum Gasteiger partial charge on any atom is 0.164 e. The van der Waals surface area contributed by atoms with Crippen LogP contribution in [0.5, 0.6) is 0 Å². The number of piperidine rings is 1. The molecule has 0 saturated carbocycles. The zero-order valence-electron chi connectivity index (χ0n) is 12.1. The van der Waals surface area contributed by atoms with Crippen molar-refractivity contribution < 1.29 is 9.53 Å². The number of carbonyl (C=O) groups is 1. The quantitative estimate of drug-likeness (QED) is 0.865. The van der Waals surface area contributed by atoms with E-state index in [1.54, 1.807) is 4.68 Å². The Morgan fingerprint density at radius 1 is 1.50 bits per heavy atom. The minimum Gasteiger partial charge on any atom is -0.370 e. The topological polar surface area (TPSA) is 56.2 Å². The molecule has 0 bridgehead atoms. The molecule has 20 heavy (non-hydrogen) atoms. The number of nitrogens with one attached hydrogen (secondary N) is 1. The van der Waals surface area contributed by atoms with Gasteiger partial charge in [0, 0.05) is 7.05 Å². The Balaban J connectivity index is 1.86. The van der Waals surface area contributed by atoms with Gasteiger partial charge in [0.2, 0.25) is 0 Å². The van der Waals surface area contributed by atoms with Crippen LogP contribution in [0.3, 0.4) is 0 Å². The number of rotatable bonds is 6. The summed E-state index contributed by atoms with van der Waals surface area (Å²) >= 11 is 6.24. The van der Waals surface area contributed by atoms with Gasteiger partial charge in [0.05, 0.1) is 28.9 Å². The monoisotopic (exact) mass is 299 g/mol. The normalized spacial score (nSPS) is 16.6. The first-order valence-electron chi connectivity index (χ1n) is 7.16. The highest BCUT2D eigenvalue weighted by Gasteiger charge is 2.18. The smallest absolute Gasteiger partial charge is 0.164 e. The van der Waals surface area contributed by atoms with Crippen molar-refractivity contribution in [1.29, 1.82) is 0 Å². The molecule has 2 heterocycles. The molecule has 112 valence electrons. The second kappa shape index (κ2) is 7.20. The van der Waals surface area contributed by atoms with E-state index in [4.69, 9.17) is 16.3 Å². The van der Waals surface area contributed by atoms with Crippen molar-refractivity contribution in [2.75, 3.05) is 19.7 Å². The lowest BCUT2D eigenvalue weighted by Gasteiger charge is -2.22. The summed E-state index contributed by atoms with van der Waals surface area (Å²) in [6.07, 6.45) is 3.20. The fourth-order valence-electron chi connectivity index (χ4n) is 2.42. The molecule has 0 spiro atoms. The molecule has 1 saturated heterocycles. The van der Waals surface area contributed by atoms with E-state index in [9.17, 15) is 4.79 Å². The number of ether oxygens (including phenoxy) is 1. The van der Waals surface area contributed by atoms with Crippen LogP contribution in [-0.4, -0.2) is 41.4 Å². The molecule has 2 rings (SSSR count). The minimum atomic E-state index is 0.0519. The number of ketones is 1. The van der Waals surface area contributed by atoms with Gasteiger partial charge in [0.1, 0.15) is 6.61 Å². The number of Topliss-reactive ketones (excluding diaryl/α,β-unsaturated/α-hetero) is 1. The van der Waals surface area contributed by atoms with Crippen LogP contribution >= 0.6 is 11.6 Å². The van der Waals surface area contributed by atoms with E-state index >= 15 is 0 Å². The molecule has 0 radical (unpaired) electrons. The third-order valence-corrected chi connectivity index (χ3v) is 4.07. The maximum atomic E-state index is 12.0. The summed E-state index contributed by atoms with van der Waals surface area (Å²) in [5.41, 5.74) is 1.62. The van der Waals surface area contributed by atoms with E-state index in [2.05, 4.69) is 10.4 Å². The number of aryl methyl sites for hydroxylation is 2. The first-order valence-corrected chi connectivity index (χ1v) is 7.53. The van der Waals surface area contributed by atoms with Gasteiger partial charge in [0.25, 0.3) is 0 Å². The van der Waals surface area contributed by atoms with Gasteiger partial charge in [-0.1, -0.05) is 18.5 Å². The van der Waals surface area contributed by atoms with Crippen LogP contribution in [0.15, 0.2) is 0 Å². The standard InChI is InChI=1S/C14H22ClN3O2/c1-3-12-14(15)13(18(2)17-12)8-10(19)9-20-11-4-6-16-7-5-11/h11,16H,3-9H2,1-2H3. The fraction of sp³-hybridized carbons (Fsp3) is 0.714. The molecule has 0 aromatic carbocycles. The van der Waals surface area contributed by atoms with Gasteiger partial charge in [-0.2, -0.15) is 5.10 Å². The van der Waals surface area contributed by atoms with E-state index in [1.807, 2.05) is 14.0 Å². The van der Waals surface area contributed by atoms with Crippen LogP contribution in [-0.2, 0) is 29.4 Å².